The minimum Gasteiger partial charge on any atom is -0.438 e. The molecular weight excluding hydrogens is 711 g/mol. The van der Waals surface area contributed by atoms with Gasteiger partial charge in [-0.05, 0) is 99.4 Å². The van der Waals surface area contributed by atoms with Crippen molar-refractivity contribution in [3.63, 3.8) is 0 Å². The first-order valence-electron chi connectivity index (χ1n) is 19.4. The third kappa shape index (κ3) is 5.20. The second-order valence-corrected chi connectivity index (χ2v) is 14.7. The van der Waals surface area contributed by atoms with E-state index in [1.807, 2.05) is 24.3 Å². The number of aromatic nitrogens is 5. The van der Waals surface area contributed by atoms with Crippen LogP contribution < -0.4 is 0 Å². The highest BCUT2D eigenvalue weighted by molar-refractivity contribution is 6.13. The lowest BCUT2D eigenvalue weighted by atomic mass is 9.97. The van der Waals surface area contributed by atoms with E-state index in [4.69, 9.17) is 19.4 Å². The predicted octanol–water partition coefficient (Wildman–Crippen LogP) is 13.2. The van der Waals surface area contributed by atoms with Gasteiger partial charge in [0, 0.05) is 50.1 Å². The lowest BCUT2D eigenvalue weighted by Crippen LogP contribution is -2.00. The summed E-state index contributed by atoms with van der Waals surface area (Å²) in [7, 11) is 0. The second kappa shape index (κ2) is 12.8. The molecule has 0 atom stereocenters. The van der Waals surface area contributed by atoms with Gasteiger partial charge in [-0.3, -0.25) is 0 Å². The Morgan fingerprint density at radius 2 is 0.983 bits per heavy atom. The summed E-state index contributed by atoms with van der Waals surface area (Å²) in [5.41, 5.74) is 9.67. The van der Waals surface area contributed by atoms with Crippen LogP contribution in [0, 0.1) is 0 Å². The fourth-order valence-corrected chi connectivity index (χ4v) is 8.48. The van der Waals surface area contributed by atoms with Gasteiger partial charge in [0.15, 0.2) is 17.5 Å². The molecule has 12 rings (SSSR count). The third-order valence-electron chi connectivity index (χ3n) is 11.3. The third-order valence-corrected chi connectivity index (χ3v) is 11.3. The Morgan fingerprint density at radius 1 is 0.379 bits per heavy atom. The van der Waals surface area contributed by atoms with Gasteiger partial charge >= 0.3 is 0 Å². The van der Waals surface area contributed by atoms with E-state index in [0.717, 1.165) is 49.8 Å². The molecule has 0 unspecified atom stereocenters. The maximum absolute atomic E-state index is 6.18. The van der Waals surface area contributed by atoms with Gasteiger partial charge in [0.25, 0.3) is 0 Å². The van der Waals surface area contributed by atoms with Gasteiger partial charge < -0.3 is 8.98 Å². The number of furan rings is 1. The molecule has 0 saturated carbocycles. The Bertz CT molecular complexity index is 3560. The summed E-state index contributed by atoms with van der Waals surface area (Å²) in [5.74, 6) is 1.74. The second-order valence-electron chi connectivity index (χ2n) is 14.7. The van der Waals surface area contributed by atoms with Crippen molar-refractivity contribution in [3.8, 4) is 51.0 Å². The molecule has 6 heteroatoms. The molecule has 270 valence electrons. The van der Waals surface area contributed by atoms with E-state index >= 15 is 0 Å². The van der Waals surface area contributed by atoms with E-state index in [-0.39, 0.29) is 0 Å². The zero-order valence-electron chi connectivity index (χ0n) is 31.0. The normalized spacial score (nSPS) is 11.8. The van der Waals surface area contributed by atoms with Crippen LogP contribution in [0.2, 0.25) is 0 Å². The van der Waals surface area contributed by atoms with Crippen LogP contribution >= 0.6 is 0 Å². The molecule has 6 nitrogen and oxygen atoms in total. The first kappa shape index (κ1) is 32.3. The summed E-state index contributed by atoms with van der Waals surface area (Å²) in [5, 5.41) is 9.30. The number of pyridine rings is 1. The summed E-state index contributed by atoms with van der Waals surface area (Å²) in [4.78, 5) is 19.7. The van der Waals surface area contributed by atoms with Crippen molar-refractivity contribution in [2.45, 2.75) is 0 Å². The summed E-state index contributed by atoms with van der Waals surface area (Å²) >= 11 is 0. The molecule has 0 aliphatic carbocycles. The van der Waals surface area contributed by atoms with Crippen molar-refractivity contribution >= 4 is 65.4 Å². The molecule has 0 aliphatic rings. The van der Waals surface area contributed by atoms with Crippen molar-refractivity contribution in [3.05, 3.63) is 188 Å². The van der Waals surface area contributed by atoms with Crippen molar-refractivity contribution in [2.75, 3.05) is 0 Å². The highest BCUT2D eigenvalue weighted by Crippen LogP contribution is 2.37. The van der Waals surface area contributed by atoms with E-state index in [1.165, 1.54) is 43.4 Å². The fraction of sp³-hybridized carbons (Fsp3) is 0. The molecule has 0 amide bonds. The van der Waals surface area contributed by atoms with Crippen LogP contribution in [-0.2, 0) is 0 Å². The Balaban J connectivity index is 0.990. The highest BCUT2D eigenvalue weighted by Gasteiger charge is 2.17. The number of fused-ring (bicyclic) bond motifs is 8. The Kier molecular flexibility index (Phi) is 7.13. The zero-order chi connectivity index (χ0) is 38.2. The Labute approximate surface area is 332 Å². The average molecular weight is 742 g/mol. The topological polar surface area (TPSA) is 69.6 Å². The summed E-state index contributed by atoms with van der Waals surface area (Å²) in [6.07, 6.45) is 1.75. The van der Waals surface area contributed by atoms with E-state index in [1.54, 1.807) is 6.20 Å². The molecule has 4 heterocycles. The number of hydrogen-bond donors (Lipinski definition) is 0. The van der Waals surface area contributed by atoms with Crippen LogP contribution in [0.1, 0.15) is 0 Å². The molecule has 0 radical (unpaired) electrons. The van der Waals surface area contributed by atoms with Gasteiger partial charge in [-0.1, -0.05) is 115 Å². The van der Waals surface area contributed by atoms with Gasteiger partial charge in [0.05, 0.1) is 11.0 Å². The standard InChI is InChI=1S/C52H31N5O/c1-2-11-37-30-47-45(29-36(37)10-1)42-14-5-6-17-46(42)57(47)39-25-22-35(23-26-39)50-54-49(34-20-18-33(19-21-34)41-15-7-12-32-9-3-4-13-40(32)41)55-51(56-50)38-24-27-43-44-16-8-28-53-52(44)58-48(43)31-38/h1-31H. The molecule has 12 aromatic rings. The molecule has 58 heavy (non-hydrogen) atoms. The van der Waals surface area contributed by atoms with Crippen LogP contribution in [0.4, 0.5) is 0 Å². The van der Waals surface area contributed by atoms with Crippen molar-refractivity contribution in [1.82, 2.24) is 24.5 Å². The predicted molar refractivity (Wildman–Crippen MR) is 236 cm³/mol. The maximum Gasteiger partial charge on any atom is 0.227 e. The van der Waals surface area contributed by atoms with Crippen LogP contribution in [0.5, 0.6) is 0 Å². The summed E-state index contributed by atoms with van der Waals surface area (Å²) in [6.45, 7) is 0. The number of hydrogen-bond acceptors (Lipinski definition) is 5. The van der Waals surface area contributed by atoms with Gasteiger partial charge in [0.2, 0.25) is 5.71 Å². The molecule has 0 spiro atoms. The van der Waals surface area contributed by atoms with E-state index < -0.39 is 0 Å². The summed E-state index contributed by atoms with van der Waals surface area (Å²) < 4.78 is 8.53. The first-order valence-corrected chi connectivity index (χ1v) is 19.4. The van der Waals surface area contributed by atoms with Crippen LogP contribution in [0.3, 0.4) is 0 Å². The van der Waals surface area contributed by atoms with Gasteiger partial charge in [-0.2, -0.15) is 0 Å². The van der Waals surface area contributed by atoms with Crippen molar-refractivity contribution in [2.24, 2.45) is 0 Å². The molecule has 0 bridgehead atoms. The minimum absolute atomic E-state index is 0.562. The fourth-order valence-electron chi connectivity index (χ4n) is 8.48. The molecule has 0 saturated heterocycles. The number of benzene rings is 8. The smallest absolute Gasteiger partial charge is 0.227 e. The van der Waals surface area contributed by atoms with E-state index in [9.17, 15) is 0 Å². The molecular formula is C52H31N5O. The molecule has 4 aromatic heterocycles. The van der Waals surface area contributed by atoms with Gasteiger partial charge in [0.1, 0.15) is 5.58 Å². The molecule has 0 fully saturated rings. The van der Waals surface area contributed by atoms with Crippen LogP contribution in [0.25, 0.3) is 116 Å². The number of para-hydroxylation sites is 1. The van der Waals surface area contributed by atoms with Crippen molar-refractivity contribution < 1.29 is 4.42 Å². The SMILES string of the molecule is c1ccc2cc3c(cc2c1)c1ccccc1n3-c1ccc(-c2nc(-c3ccc(-c4cccc5ccccc45)cc3)nc(-c3ccc4c(c3)oc3ncccc34)n2)cc1. The zero-order valence-corrected chi connectivity index (χ0v) is 31.0. The number of nitrogens with zero attached hydrogens (tertiary/aromatic N) is 5. The average Bonchev–Trinajstić information content (AvgIpc) is 3.83. The van der Waals surface area contributed by atoms with Gasteiger partial charge in [-0.15, -0.1) is 0 Å². The number of rotatable bonds is 5. The maximum atomic E-state index is 6.18. The largest absolute Gasteiger partial charge is 0.438 e. The molecule has 8 aromatic carbocycles. The van der Waals surface area contributed by atoms with E-state index in [2.05, 4.69) is 167 Å². The summed E-state index contributed by atoms with van der Waals surface area (Å²) in [6, 6.07) is 63.8. The van der Waals surface area contributed by atoms with Gasteiger partial charge in [-0.25, -0.2) is 19.9 Å². The minimum atomic E-state index is 0.562. The molecule has 0 N–H and O–H groups in total. The lowest BCUT2D eigenvalue weighted by Gasteiger charge is -2.11. The molecule has 0 aliphatic heterocycles. The first-order chi connectivity index (χ1) is 28.7. The van der Waals surface area contributed by atoms with Crippen molar-refractivity contribution in [1.29, 1.82) is 0 Å². The lowest BCUT2D eigenvalue weighted by molar-refractivity contribution is 0.654. The highest BCUT2D eigenvalue weighted by atomic mass is 16.3. The van der Waals surface area contributed by atoms with Crippen LogP contribution in [0.15, 0.2) is 193 Å². The van der Waals surface area contributed by atoms with Crippen LogP contribution in [-0.4, -0.2) is 24.5 Å². The van der Waals surface area contributed by atoms with E-state index in [0.29, 0.717) is 23.2 Å². The Morgan fingerprint density at radius 3 is 1.78 bits per heavy atom. The Hall–Kier alpha value is -7.96. The quantitative estimate of drug-likeness (QED) is 0.176. The monoisotopic (exact) mass is 741 g/mol.